The van der Waals surface area contributed by atoms with E-state index in [1.807, 2.05) is 0 Å². The van der Waals surface area contributed by atoms with E-state index in [1.165, 1.54) is 22.8 Å². The van der Waals surface area contributed by atoms with E-state index in [0.29, 0.717) is 5.69 Å². The van der Waals surface area contributed by atoms with Crippen LogP contribution in [0.4, 0.5) is 18.9 Å². The molecule has 6 heteroatoms. The number of hydrogen-bond acceptors (Lipinski definition) is 2. The minimum absolute atomic E-state index is 0.0356. The lowest BCUT2D eigenvalue weighted by Crippen LogP contribution is -2.16. The molecule has 1 N–H and O–H groups in total. The van der Waals surface area contributed by atoms with Gasteiger partial charge in [-0.1, -0.05) is 18.2 Å². The molecule has 0 atom stereocenters. The van der Waals surface area contributed by atoms with E-state index in [1.54, 1.807) is 25.4 Å². The van der Waals surface area contributed by atoms with Crippen LogP contribution < -0.4 is 10.9 Å². The maximum Gasteiger partial charge on any atom is 0.416 e. The van der Waals surface area contributed by atoms with Crippen molar-refractivity contribution in [3.05, 3.63) is 64.1 Å². The molecule has 0 fully saturated rings. The fourth-order valence-corrected chi connectivity index (χ4v) is 1.85. The number of benzene rings is 1. The highest BCUT2D eigenvalue weighted by Gasteiger charge is 2.32. The maximum atomic E-state index is 12.8. The third-order valence-electron chi connectivity index (χ3n) is 2.89. The lowest BCUT2D eigenvalue weighted by Gasteiger charge is -2.14. The van der Waals surface area contributed by atoms with Gasteiger partial charge in [-0.05, 0) is 17.7 Å². The Morgan fingerprint density at radius 1 is 1.15 bits per heavy atom. The number of aryl methyl sites for hydroxylation is 1. The molecule has 0 spiro atoms. The van der Waals surface area contributed by atoms with Crippen molar-refractivity contribution in [1.82, 2.24) is 4.57 Å². The molecule has 3 nitrogen and oxygen atoms in total. The first-order valence-corrected chi connectivity index (χ1v) is 5.93. The summed E-state index contributed by atoms with van der Waals surface area (Å²) in [6, 6.07) is 8.30. The fraction of sp³-hybridized carbons (Fsp3) is 0.214. The Balaban J connectivity index is 2.19. The van der Waals surface area contributed by atoms with Crippen LogP contribution in [0.25, 0.3) is 0 Å². The van der Waals surface area contributed by atoms with Gasteiger partial charge in [0, 0.05) is 25.9 Å². The Morgan fingerprint density at radius 2 is 1.85 bits per heavy atom. The first kappa shape index (κ1) is 14.2. The normalized spacial score (nSPS) is 11.4. The summed E-state index contributed by atoms with van der Waals surface area (Å²) >= 11 is 0. The van der Waals surface area contributed by atoms with Crippen LogP contribution in [-0.2, 0) is 19.8 Å². The van der Waals surface area contributed by atoms with E-state index >= 15 is 0 Å². The predicted molar refractivity (Wildman–Crippen MR) is 70.5 cm³/mol. The van der Waals surface area contributed by atoms with Gasteiger partial charge in [0.15, 0.2) is 0 Å². The second kappa shape index (κ2) is 5.40. The number of rotatable bonds is 3. The molecule has 1 aromatic heterocycles. The molecule has 0 bridgehead atoms. The van der Waals surface area contributed by atoms with Crippen molar-refractivity contribution in [2.45, 2.75) is 12.7 Å². The number of anilines is 1. The SMILES string of the molecule is Cn1cc(NCc2ccccc2C(F)(F)F)ccc1=O. The van der Waals surface area contributed by atoms with Crippen molar-refractivity contribution in [2.24, 2.45) is 7.05 Å². The van der Waals surface area contributed by atoms with Crippen LogP contribution in [0.2, 0.25) is 0 Å². The summed E-state index contributed by atoms with van der Waals surface area (Å²) in [4.78, 5) is 11.2. The number of halogens is 3. The lowest BCUT2D eigenvalue weighted by atomic mass is 10.1. The van der Waals surface area contributed by atoms with E-state index in [2.05, 4.69) is 5.32 Å². The molecule has 0 unspecified atom stereocenters. The van der Waals surface area contributed by atoms with Gasteiger partial charge < -0.3 is 9.88 Å². The smallest absolute Gasteiger partial charge is 0.380 e. The topological polar surface area (TPSA) is 34.0 Å². The fourth-order valence-electron chi connectivity index (χ4n) is 1.85. The van der Waals surface area contributed by atoms with Crippen LogP contribution in [0.5, 0.6) is 0 Å². The minimum Gasteiger partial charge on any atom is -0.380 e. The molecular weight excluding hydrogens is 269 g/mol. The van der Waals surface area contributed by atoms with Crippen LogP contribution >= 0.6 is 0 Å². The highest BCUT2D eigenvalue weighted by atomic mass is 19.4. The third-order valence-corrected chi connectivity index (χ3v) is 2.89. The number of nitrogens with zero attached hydrogens (tertiary/aromatic N) is 1. The molecular formula is C14H13F3N2O. The van der Waals surface area contributed by atoms with E-state index in [-0.39, 0.29) is 17.7 Å². The quantitative estimate of drug-likeness (QED) is 0.939. The number of hydrogen-bond donors (Lipinski definition) is 1. The monoisotopic (exact) mass is 282 g/mol. The summed E-state index contributed by atoms with van der Waals surface area (Å²) in [5, 5.41) is 2.88. The molecule has 0 aliphatic carbocycles. The van der Waals surface area contributed by atoms with Gasteiger partial charge in [0.2, 0.25) is 5.56 Å². The summed E-state index contributed by atoms with van der Waals surface area (Å²) in [6.45, 7) is 0.0356. The van der Waals surface area contributed by atoms with Crippen LogP contribution in [-0.4, -0.2) is 4.57 Å². The molecule has 1 aromatic carbocycles. The summed E-state index contributed by atoms with van der Waals surface area (Å²) in [5.74, 6) is 0. The molecule has 2 rings (SSSR count). The average molecular weight is 282 g/mol. The van der Waals surface area contributed by atoms with Crippen LogP contribution in [0, 0.1) is 0 Å². The van der Waals surface area contributed by atoms with Crippen molar-refractivity contribution in [3.63, 3.8) is 0 Å². The number of nitrogens with one attached hydrogen (secondary N) is 1. The molecule has 0 saturated heterocycles. The Hall–Kier alpha value is -2.24. The Morgan fingerprint density at radius 3 is 2.50 bits per heavy atom. The van der Waals surface area contributed by atoms with E-state index in [9.17, 15) is 18.0 Å². The van der Waals surface area contributed by atoms with Gasteiger partial charge in [-0.15, -0.1) is 0 Å². The largest absolute Gasteiger partial charge is 0.416 e. The van der Waals surface area contributed by atoms with Crippen LogP contribution in [0.1, 0.15) is 11.1 Å². The van der Waals surface area contributed by atoms with Gasteiger partial charge in [0.05, 0.1) is 11.3 Å². The van der Waals surface area contributed by atoms with Gasteiger partial charge in [-0.2, -0.15) is 13.2 Å². The third kappa shape index (κ3) is 3.20. The number of aromatic nitrogens is 1. The zero-order valence-electron chi connectivity index (χ0n) is 10.7. The zero-order valence-corrected chi connectivity index (χ0v) is 10.7. The van der Waals surface area contributed by atoms with E-state index < -0.39 is 11.7 Å². The van der Waals surface area contributed by atoms with Crippen molar-refractivity contribution in [2.75, 3.05) is 5.32 Å². The molecule has 20 heavy (non-hydrogen) atoms. The van der Waals surface area contributed by atoms with E-state index in [0.717, 1.165) is 6.07 Å². The molecule has 106 valence electrons. The van der Waals surface area contributed by atoms with Gasteiger partial charge in [0.1, 0.15) is 0 Å². The minimum atomic E-state index is -4.37. The van der Waals surface area contributed by atoms with Gasteiger partial charge in [-0.3, -0.25) is 4.79 Å². The van der Waals surface area contributed by atoms with Gasteiger partial charge in [-0.25, -0.2) is 0 Å². The van der Waals surface area contributed by atoms with Crippen molar-refractivity contribution in [1.29, 1.82) is 0 Å². The highest BCUT2D eigenvalue weighted by Crippen LogP contribution is 2.32. The number of alkyl halides is 3. The summed E-state index contributed by atoms with van der Waals surface area (Å²) in [5.41, 5.74) is -0.0820. The molecule has 0 amide bonds. The van der Waals surface area contributed by atoms with Crippen molar-refractivity contribution >= 4 is 5.69 Å². The lowest BCUT2D eigenvalue weighted by molar-refractivity contribution is -0.138. The Bertz CT molecular complexity index is 662. The molecule has 0 radical (unpaired) electrons. The molecule has 0 aliphatic rings. The standard InChI is InChI=1S/C14H13F3N2O/c1-19-9-11(6-7-13(19)20)18-8-10-4-2-3-5-12(10)14(15,16)17/h2-7,9,18H,8H2,1H3. The average Bonchev–Trinajstić information content (AvgIpc) is 2.39. The molecule has 1 heterocycles. The van der Waals surface area contributed by atoms with Gasteiger partial charge >= 0.3 is 6.18 Å². The first-order chi connectivity index (χ1) is 9.38. The predicted octanol–water partition coefficient (Wildman–Crippen LogP) is 3.02. The zero-order chi connectivity index (χ0) is 14.8. The molecule has 0 saturated carbocycles. The number of pyridine rings is 1. The Labute approximate surface area is 113 Å². The summed E-state index contributed by atoms with van der Waals surface area (Å²) < 4.78 is 39.8. The maximum absolute atomic E-state index is 12.8. The second-order valence-corrected chi connectivity index (χ2v) is 4.38. The van der Waals surface area contributed by atoms with E-state index in [4.69, 9.17) is 0 Å². The van der Waals surface area contributed by atoms with Crippen LogP contribution in [0.15, 0.2) is 47.4 Å². The summed E-state index contributed by atoms with van der Waals surface area (Å²) in [7, 11) is 1.58. The molecule has 0 aliphatic heterocycles. The summed E-state index contributed by atoms with van der Waals surface area (Å²) in [6.07, 6.45) is -2.83. The van der Waals surface area contributed by atoms with Gasteiger partial charge in [0.25, 0.3) is 0 Å². The Kier molecular flexibility index (Phi) is 3.83. The first-order valence-electron chi connectivity index (χ1n) is 5.93. The highest BCUT2D eigenvalue weighted by molar-refractivity contribution is 5.42. The van der Waals surface area contributed by atoms with Crippen LogP contribution in [0.3, 0.4) is 0 Å². The van der Waals surface area contributed by atoms with Crippen molar-refractivity contribution < 1.29 is 13.2 Å². The molecule has 2 aromatic rings. The van der Waals surface area contributed by atoms with Crippen molar-refractivity contribution in [3.8, 4) is 0 Å². The second-order valence-electron chi connectivity index (χ2n) is 4.38.